The van der Waals surface area contributed by atoms with Gasteiger partial charge in [0.25, 0.3) is 0 Å². The molecule has 0 saturated carbocycles. The van der Waals surface area contributed by atoms with Crippen molar-refractivity contribution >= 4 is 16.9 Å². The Morgan fingerprint density at radius 3 is 2.67 bits per heavy atom. The molecule has 8 heteroatoms. The van der Waals surface area contributed by atoms with Crippen molar-refractivity contribution in [1.82, 2.24) is 14.5 Å². The van der Waals surface area contributed by atoms with Crippen LogP contribution in [0.25, 0.3) is 11.0 Å². The standard InChI is InChI=1S/C13H18N4O4/c1-16(2)11-7-3-4-17(12(7)15-6-14-11)13-10(20)9(19)8(5-18)21-13/h3-4,6,8-10,13,18-20H,5H2,1-2H3/t8-,9+,10-,13-/m0/s1. The van der Waals surface area contributed by atoms with Gasteiger partial charge < -0.3 is 29.5 Å². The molecule has 0 bridgehead atoms. The van der Waals surface area contributed by atoms with Crippen LogP contribution in [0.2, 0.25) is 0 Å². The van der Waals surface area contributed by atoms with E-state index in [2.05, 4.69) is 9.97 Å². The van der Waals surface area contributed by atoms with E-state index in [9.17, 15) is 10.2 Å². The number of hydrogen-bond donors (Lipinski definition) is 3. The van der Waals surface area contributed by atoms with Crippen molar-refractivity contribution in [2.45, 2.75) is 24.5 Å². The van der Waals surface area contributed by atoms with Crippen LogP contribution in [-0.2, 0) is 4.74 Å². The summed E-state index contributed by atoms with van der Waals surface area (Å²) in [6.45, 7) is -0.355. The molecule has 0 spiro atoms. The van der Waals surface area contributed by atoms with E-state index in [1.807, 2.05) is 25.1 Å². The lowest BCUT2D eigenvalue weighted by atomic mass is 10.1. The molecule has 4 atom stereocenters. The topological polar surface area (TPSA) is 104 Å². The van der Waals surface area contributed by atoms with E-state index in [1.54, 1.807) is 10.8 Å². The van der Waals surface area contributed by atoms with Crippen LogP contribution in [0.1, 0.15) is 6.23 Å². The molecule has 21 heavy (non-hydrogen) atoms. The number of aliphatic hydroxyl groups is 3. The quantitative estimate of drug-likeness (QED) is 0.674. The van der Waals surface area contributed by atoms with Gasteiger partial charge in [0.15, 0.2) is 6.23 Å². The van der Waals surface area contributed by atoms with Crippen molar-refractivity contribution in [1.29, 1.82) is 0 Å². The molecule has 2 aromatic heterocycles. The van der Waals surface area contributed by atoms with Crippen molar-refractivity contribution in [2.24, 2.45) is 0 Å². The van der Waals surface area contributed by atoms with Crippen molar-refractivity contribution in [3.63, 3.8) is 0 Å². The van der Waals surface area contributed by atoms with E-state index < -0.39 is 24.5 Å². The highest BCUT2D eigenvalue weighted by Crippen LogP contribution is 2.33. The van der Waals surface area contributed by atoms with Gasteiger partial charge in [-0.3, -0.25) is 0 Å². The zero-order chi connectivity index (χ0) is 15.1. The van der Waals surface area contributed by atoms with Crippen LogP contribution in [0.3, 0.4) is 0 Å². The molecule has 0 amide bonds. The number of nitrogens with zero attached hydrogens (tertiary/aromatic N) is 4. The highest BCUT2D eigenvalue weighted by molar-refractivity contribution is 5.87. The summed E-state index contributed by atoms with van der Waals surface area (Å²) in [5.74, 6) is 0.755. The number of anilines is 1. The first kappa shape index (κ1) is 14.2. The SMILES string of the molecule is CN(C)c1ncnc2c1ccn2[C@H]1O[C@@H](CO)[C@@H](O)[C@@H]1O. The van der Waals surface area contributed by atoms with E-state index in [-0.39, 0.29) is 6.61 Å². The zero-order valence-electron chi connectivity index (χ0n) is 11.8. The molecule has 114 valence electrons. The maximum Gasteiger partial charge on any atom is 0.164 e. The minimum Gasteiger partial charge on any atom is -0.394 e. The van der Waals surface area contributed by atoms with Gasteiger partial charge >= 0.3 is 0 Å². The second-order valence-electron chi connectivity index (χ2n) is 5.28. The van der Waals surface area contributed by atoms with Gasteiger partial charge in [0.05, 0.1) is 12.0 Å². The molecule has 0 unspecified atom stereocenters. The highest BCUT2D eigenvalue weighted by Gasteiger charge is 2.43. The summed E-state index contributed by atoms with van der Waals surface area (Å²) in [5, 5.41) is 29.9. The normalized spacial score (nSPS) is 29.2. The highest BCUT2D eigenvalue weighted by atomic mass is 16.6. The van der Waals surface area contributed by atoms with Crippen LogP contribution < -0.4 is 4.90 Å². The Labute approximate surface area is 121 Å². The summed E-state index contributed by atoms with van der Waals surface area (Å²) in [4.78, 5) is 10.3. The fourth-order valence-corrected chi connectivity index (χ4v) is 2.63. The van der Waals surface area contributed by atoms with Gasteiger partial charge in [-0.15, -0.1) is 0 Å². The van der Waals surface area contributed by atoms with Crippen molar-refractivity contribution in [3.05, 3.63) is 18.6 Å². The number of rotatable bonds is 3. The van der Waals surface area contributed by atoms with Crippen molar-refractivity contribution < 1.29 is 20.1 Å². The third kappa shape index (κ3) is 2.16. The maximum absolute atomic E-state index is 10.1. The molecule has 8 nitrogen and oxygen atoms in total. The average molecular weight is 294 g/mol. The number of aromatic nitrogens is 3. The number of aliphatic hydroxyl groups excluding tert-OH is 3. The smallest absolute Gasteiger partial charge is 0.164 e. The van der Waals surface area contributed by atoms with Crippen molar-refractivity contribution in [3.8, 4) is 0 Å². The monoisotopic (exact) mass is 294 g/mol. The Morgan fingerprint density at radius 1 is 1.29 bits per heavy atom. The summed E-state index contributed by atoms with van der Waals surface area (Å²) in [7, 11) is 3.76. The molecule has 3 N–H and O–H groups in total. The molecule has 1 fully saturated rings. The van der Waals surface area contributed by atoms with Crippen LogP contribution in [0.4, 0.5) is 5.82 Å². The lowest BCUT2D eigenvalue weighted by Crippen LogP contribution is -2.33. The summed E-state index contributed by atoms with van der Waals surface area (Å²) in [6.07, 6.45) is -0.692. The second-order valence-corrected chi connectivity index (χ2v) is 5.28. The Bertz CT molecular complexity index is 644. The lowest BCUT2D eigenvalue weighted by molar-refractivity contribution is -0.0508. The van der Waals surface area contributed by atoms with Crippen LogP contribution in [0.5, 0.6) is 0 Å². The Hall–Kier alpha value is -1.74. The predicted octanol–water partition coefficient (Wildman–Crippen LogP) is -0.891. The van der Waals surface area contributed by atoms with Crippen LogP contribution in [0, 0.1) is 0 Å². The molecule has 0 aliphatic carbocycles. The van der Waals surface area contributed by atoms with Gasteiger partial charge in [0, 0.05) is 20.3 Å². The second kappa shape index (κ2) is 5.23. The van der Waals surface area contributed by atoms with Gasteiger partial charge in [-0.05, 0) is 6.07 Å². The summed E-state index contributed by atoms with van der Waals surface area (Å²) < 4.78 is 7.17. The lowest BCUT2D eigenvalue weighted by Gasteiger charge is -2.18. The summed E-state index contributed by atoms with van der Waals surface area (Å²) in [6, 6.07) is 1.83. The molecular formula is C13H18N4O4. The fraction of sp³-hybridized carbons (Fsp3) is 0.538. The summed E-state index contributed by atoms with van der Waals surface area (Å²) in [5.41, 5.74) is 0.600. The summed E-state index contributed by atoms with van der Waals surface area (Å²) >= 11 is 0. The molecule has 3 heterocycles. The fourth-order valence-electron chi connectivity index (χ4n) is 2.63. The van der Waals surface area contributed by atoms with Gasteiger partial charge in [-0.25, -0.2) is 9.97 Å². The largest absolute Gasteiger partial charge is 0.394 e. The van der Waals surface area contributed by atoms with E-state index >= 15 is 0 Å². The van der Waals surface area contributed by atoms with Crippen LogP contribution >= 0.6 is 0 Å². The first-order valence-corrected chi connectivity index (χ1v) is 6.66. The Kier molecular flexibility index (Phi) is 3.54. The molecule has 1 aliphatic rings. The van der Waals surface area contributed by atoms with Gasteiger partial charge in [0.2, 0.25) is 0 Å². The van der Waals surface area contributed by atoms with E-state index in [0.29, 0.717) is 5.65 Å². The van der Waals surface area contributed by atoms with E-state index in [1.165, 1.54) is 6.33 Å². The molecule has 0 aromatic carbocycles. The van der Waals surface area contributed by atoms with Gasteiger partial charge in [0.1, 0.15) is 36.1 Å². The number of ether oxygens (including phenoxy) is 1. The molecule has 2 aromatic rings. The third-order valence-corrected chi connectivity index (χ3v) is 3.70. The molecular weight excluding hydrogens is 276 g/mol. The minimum atomic E-state index is -1.13. The first-order chi connectivity index (χ1) is 10.0. The van der Waals surface area contributed by atoms with Crippen LogP contribution in [0.15, 0.2) is 18.6 Å². The molecule has 3 rings (SSSR count). The average Bonchev–Trinajstić information content (AvgIpc) is 3.01. The Morgan fingerprint density at radius 2 is 2.05 bits per heavy atom. The zero-order valence-corrected chi connectivity index (χ0v) is 11.8. The van der Waals surface area contributed by atoms with E-state index in [0.717, 1.165) is 11.2 Å². The van der Waals surface area contributed by atoms with Gasteiger partial charge in [-0.1, -0.05) is 0 Å². The first-order valence-electron chi connectivity index (χ1n) is 6.66. The molecule has 1 aliphatic heterocycles. The maximum atomic E-state index is 10.1. The molecule has 1 saturated heterocycles. The number of fused-ring (bicyclic) bond motifs is 1. The van der Waals surface area contributed by atoms with Crippen molar-refractivity contribution in [2.75, 3.05) is 25.6 Å². The number of hydrogen-bond acceptors (Lipinski definition) is 7. The Balaban J connectivity index is 2.04. The minimum absolute atomic E-state index is 0.355. The predicted molar refractivity (Wildman–Crippen MR) is 74.9 cm³/mol. The molecule has 0 radical (unpaired) electrons. The van der Waals surface area contributed by atoms with Gasteiger partial charge in [-0.2, -0.15) is 0 Å². The van der Waals surface area contributed by atoms with E-state index in [4.69, 9.17) is 9.84 Å². The third-order valence-electron chi connectivity index (χ3n) is 3.70. The van der Waals surface area contributed by atoms with Crippen LogP contribution in [-0.4, -0.2) is 68.9 Å².